The second-order valence-electron chi connectivity index (χ2n) is 4.02. The van der Waals surface area contributed by atoms with Crippen molar-refractivity contribution >= 4 is 0 Å². The molecule has 7 heteroatoms. The maximum atomic E-state index is 9.71. The minimum Gasteiger partial charge on any atom is -0.395 e. The summed E-state index contributed by atoms with van der Waals surface area (Å²) in [5.74, 6) is 0. The molecule has 1 rings (SSSR count). The van der Waals surface area contributed by atoms with E-state index in [-0.39, 0.29) is 0 Å². The van der Waals surface area contributed by atoms with Gasteiger partial charge in [0.05, 0.1) is 12.6 Å². The lowest BCUT2D eigenvalue weighted by Crippen LogP contribution is -2.67. The first-order valence-electron chi connectivity index (χ1n) is 5.33. The Morgan fingerprint density at radius 1 is 1.00 bits per heavy atom. The van der Waals surface area contributed by atoms with Crippen LogP contribution in [0.4, 0.5) is 0 Å². The molecule has 7 nitrogen and oxygen atoms in total. The van der Waals surface area contributed by atoms with Gasteiger partial charge in [0.2, 0.25) is 0 Å². The number of likely N-dealkylation sites (tertiary alicyclic amines) is 1. The first kappa shape index (κ1) is 13.8. The predicted octanol–water partition coefficient (Wildman–Crippen LogP) is -3.59. The summed E-state index contributed by atoms with van der Waals surface area (Å²) in [4.78, 5) is 1.36. The van der Waals surface area contributed by atoms with E-state index in [0.717, 1.165) is 0 Å². The van der Waals surface area contributed by atoms with E-state index in [0.29, 0.717) is 19.5 Å². The standard InChI is InChI=1S/C9H20N2O5/c10-2-1-3-11-5(4-12)6(13)7(14)8(15)9(11)16/h5-9,12-16H,1-4,10H2/t5-,6-,7+,8-,9?/m1/s1. The van der Waals surface area contributed by atoms with Crippen LogP contribution in [0.5, 0.6) is 0 Å². The topological polar surface area (TPSA) is 130 Å². The summed E-state index contributed by atoms with van der Waals surface area (Å²) in [5, 5.41) is 47.4. The summed E-state index contributed by atoms with van der Waals surface area (Å²) in [6.45, 7) is 0.326. The largest absolute Gasteiger partial charge is 0.395 e. The smallest absolute Gasteiger partial charge is 0.136 e. The van der Waals surface area contributed by atoms with E-state index in [1.807, 2.05) is 0 Å². The lowest BCUT2D eigenvalue weighted by molar-refractivity contribution is -0.222. The molecule has 1 fully saturated rings. The second-order valence-corrected chi connectivity index (χ2v) is 4.02. The molecule has 0 saturated carbocycles. The third kappa shape index (κ3) is 2.51. The Morgan fingerprint density at radius 3 is 2.12 bits per heavy atom. The van der Waals surface area contributed by atoms with Crippen molar-refractivity contribution in [3.8, 4) is 0 Å². The molecular weight excluding hydrogens is 216 g/mol. The molecule has 0 aromatic rings. The van der Waals surface area contributed by atoms with Crippen LogP contribution in [0.25, 0.3) is 0 Å². The van der Waals surface area contributed by atoms with Crippen LogP contribution in [-0.2, 0) is 0 Å². The van der Waals surface area contributed by atoms with Gasteiger partial charge in [0.15, 0.2) is 0 Å². The quantitative estimate of drug-likeness (QED) is 0.297. The van der Waals surface area contributed by atoms with Crippen molar-refractivity contribution < 1.29 is 25.5 Å². The van der Waals surface area contributed by atoms with Crippen LogP contribution in [0.3, 0.4) is 0 Å². The molecule has 0 aliphatic carbocycles. The average Bonchev–Trinajstić information content (AvgIpc) is 2.29. The normalized spacial score (nSPS) is 41.2. The first-order chi connectivity index (χ1) is 7.54. The van der Waals surface area contributed by atoms with Gasteiger partial charge in [0.25, 0.3) is 0 Å². The summed E-state index contributed by atoms with van der Waals surface area (Å²) in [5.41, 5.74) is 5.33. The van der Waals surface area contributed by atoms with Crippen LogP contribution < -0.4 is 5.73 Å². The Labute approximate surface area is 93.7 Å². The minimum absolute atomic E-state index is 0.337. The summed E-state index contributed by atoms with van der Waals surface area (Å²) < 4.78 is 0. The van der Waals surface area contributed by atoms with Crippen molar-refractivity contribution in [2.45, 2.75) is 37.0 Å². The Morgan fingerprint density at radius 2 is 1.62 bits per heavy atom. The molecular formula is C9H20N2O5. The van der Waals surface area contributed by atoms with Crippen LogP contribution in [0.15, 0.2) is 0 Å². The summed E-state index contributed by atoms with van der Waals surface area (Å²) in [6.07, 6.45) is -4.94. The molecule has 1 heterocycles. The Kier molecular flexibility index (Phi) is 5.06. The molecule has 0 amide bonds. The van der Waals surface area contributed by atoms with E-state index < -0.39 is 37.2 Å². The number of nitrogens with two attached hydrogens (primary N) is 1. The molecule has 1 saturated heterocycles. The van der Waals surface area contributed by atoms with Crippen molar-refractivity contribution in [1.29, 1.82) is 0 Å². The van der Waals surface area contributed by atoms with E-state index in [2.05, 4.69) is 0 Å². The summed E-state index contributed by atoms with van der Waals surface area (Å²) in [6, 6.07) is -0.792. The van der Waals surface area contributed by atoms with Crippen LogP contribution >= 0.6 is 0 Å². The van der Waals surface area contributed by atoms with Gasteiger partial charge in [0, 0.05) is 6.54 Å². The highest BCUT2D eigenvalue weighted by Gasteiger charge is 2.46. The van der Waals surface area contributed by atoms with E-state index in [4.69, 9.17) is 10.8 Å². The Balaban J connectivity index is 2.76. The molecule has 1 aliphatic heterocycles. The first-order valence-corrected chi connectivity index (χ1v) is 5.33. The van der Waals surface area contributed by atoms with Gasteiger partial charge in [-0.1, -0.05) is 0 Å². The third-order valence-corrected chi connectivity index (χ3v) is 2.97. The zero-order chi connectivity index (χ0) is 12.3. The number of piperidine rings is 1. The fourth-order valence-electron chi connectivity index (χ4n) is 1.98. The lowest BCUT2D eigenvalue weighted by atomic mass is 9.92. The number of hydrogen-bond acceptors (Lipinski definition) is 7. The van der Waals surface area contributed by atoms with Gasteiger partial charge in [-0.05, 0) is 13.0 Å². The van der Waals surface area contributed by atoms with Crippen molar-refractivity contribution in [1.82, 2.24) is 4.90 Å². The van der Waals surface area contributed by atoms with Gasteiger partial charge in [-0.15, -0.1) is 0 Å². The van der Waals surface area contributed by atoms with Crippen LogP contribution in [0.1, 0.15) is 6.42 Å². The van der Waals surface area contributed by atoms with E-state index in [1.54, 1.807) is 0 Å². The van der Waals surface area contributed by atoms with Gasteiger partial charge >= 0.3 is 0 Å². The summed E-state index contributed by atoms with van der Waals surface area (Å²) >= 11 is 0. The van der Waals surface area contributed by atoms with Crippen LogP contribution in [0.2, 0.25) is 0 Å². The highest BCUT2D eigenvalue weighted by atomic mass is 16.4. The van der Waals surface area contributed by atoms with E-state index >= 15 is 0 Å². The molecule has 1 unspecified atom stereocenters. The fourth-order valence-corrected chi connectivity index (χ4v) is 1.98. The lowest BCUT2D eigenvalue weighted by Gasteiger charge is -2.46. The van der Waals surface area contributed by atoms with E-state index in [1.165, 1.54) is 4.90 Å². The molecule has 5 atom stereocenters. The number of aliphatic hydroxyl groups excluding tert-OH is 5. The monoisotopic (exact) mass is 236 g/mol. The zero-order valence-corrected chi connectivity index (χ0v) is 8.98. The van der Waals surface area contributed by atoms with Gasteiger partial charge in [-0.2, -0.15) is 0 Å². The van der Waals surface area contributed by atoms with Crippen molar-refractivity contribution in [2.24, 2.45) is 5.73 Å². The number of hydrogen-bond donors (Lipinski definition) is 6. The maximum absolute atomic E-state index is 9.71. The van der Waals surface area contributed by atoms with Crippen molar-refractivity contribution in [3.05, 3.63) is 0 Å². The fraction of sp³-hybridized carbons (Fsp3) is 1.00. The van der Waals surface area contributed by atoms with Crippen molar-refractivity contribution in [3.63, 3.8) is 0 Å². The molecule has 0 spiro atoms. The molecule has 16 heavy (non-hydrogen) atoms. The highest BCUT2D eigenvalue weighted by molar-refractivity contribution is 4.96. The molecule has 0 bridgehead atoms. The number of aliphatic hydroxyl groups is 5. The van der Waals surface area contributed by atoms with Gasteiger partial charge in [-0.3, -0.25) is 4.90 Å². The second kappa shape index (κ2) is 5.87. The maximum Gasteiger partial charge on any atom is 0.136 e. The summed E-state index contributed by atoms with van der Waals surface area (Å²) in [7, 11) is 0. The highest BCUT2D eigenvalue weighted by Crippen LogP contribution is 2.23. The number of rotatable bonds is 4. The molecule has 0 aromatic heterocycles. The van der Waals surface area contributed by atoms with Crippen LogP contribution in [-0.4, -0.2) is 80.7 Å². The van der Waals surface area contributed by atoms with E-state index in [9.17, 15) is 20.4 Å². The average molecular weight is 236 g/mol. The minimum atomic E-state index is -1.46. The van der Waals surface area contributed by atoms with Gasteiger partial charge in [-0.25, -0.2) is 0 Å². The van der Waals surface area contributed by atoms with Crippen LogP contribution in [0, 0.1) is 0 Å². The molecule has 7 N–H and O–H groups in total. The predicted molar refractivity (Wildman–Crippen MR) is 55.3 cm³/mol. The number of nitrogens with zero attached hydrogens (tertiary/aromatic N) is 1. The Bertz CT molecular complexity index is 218. The third-order valence-electron chi connectivity index (χ3n) is 2.97. The molecule has 96 valence electrons. The molecule has 1 aliphatic rings. The Hall–Kier alpha value is -0.280. The van der Waals surface area contributed by atoms with Crippen molar-refractivity contribution in [2.75, 3.05) is 19.7 Å². The SMILES string of the molecule is NCCCN1C(O)[C@H](O)[C@@H](O)[C@H](O)[C@H]1CO. The molecule has 0 radical (unpaired) electrons. The zero-order valence-electron chi connectivity index (χ0n) is 8.98. The van der Waals surface area contributed by atoms with Gasteiger partial charge in [0.1, 0.15) is 24.5 Å². The molecule has 0 aromatic carbocycles. The van der Waals surface area contributed by atoms with Gasteiger partial charge < -0.3 is 31.3 Å².